The molecule has 9 heteroatoms. The molecule has 2 radical (unpaired) electrons. The summed E-state index contributed by atoms with van der Waals surface area (Å²) in [6.45, 7) is 2.45. The van der Waals surface area contributed by atoms with E-state index in [1.165, 1.54) is 13.0 Å². The van der Waals surface area contributed by atoms with Crippen LogP contribution < -0.4 is 11.1 Å². The summed E-state index contributed by atoms with van der Waals surface area (Å²) < 4.78 is 41.5. The Labute approximate surface area is 173 Å². The normalized spacial score (nSPS) is 13.9. The molecule has 0 amide bonds. The largest absolute Gasteiger partial charge is 0.416 e. The SMILES string of the molecule is CS.[B]c1cc2c(=NCc3cccc(C(F)(F)F)c3C)nc3n(c2cn1)CCC3. The van der Waals surface area contributed by atoms with E-state index in [1.807, 2.05) is 0 Å². The number of halogens is 3. The Bertz CT molecular complexity index is 1110. The average Bonchev–Trinajstić information content (AvgIpc) is 3.16. The summed E-state index contributed by atoms with van der Waals surface area (Å²) in [5, 5.41) is 0.762. The van der Waals surface area contributed by atoms with Crippen molar-refractivity contribution in [1.29, 1.82) is 0 Å². The van der Waals surface area contributed by atoms with Crippen molar-refractivity contribution in [2.75, 3.05) is 6.26 Å². The van der Waals surface area contributed by atoms with Crippen LogP contribution in [0.15, 0.2) is 35.5 Å². The van der Waals surface area contributed by atoms with Crippen LogP contribution in [0.5, 0.6) is 0 Å². The maximum atomic E-state index is 13.1. The van der Waals surface area contributed by atoms with Crippen LogP contribution in [0.1, 0.15) is 28.9 Å². The Balaban J connectivity index is 0.00000117. The number of hydrogen-bond acceptors (Lipinski definition) is 4. The predicted octanol–water partition coefficient (Wildman–Crippen LogP) is 3.15. The predicted molar refractivity (Wildman–Crippen MR) is 112 cm³/mol. The molecule has 0 atom stereocenters. The molecule has 0 aliphatic carbocycles. The van der Waals surface area contributed by atoms with Crippen LogP contribution in [0.4, 0.5) is 13.2 Å². The topological polar surface area (TPSA) is 43.1 Å². The van der Waals surface area contributed by atoms with Crippen LogP contribution in [0.2, 0.25) is 0 Å². The Kier molecular flexibility index (Phi) is 6.36. The van der Waals surface area contributed by atoms with Gasteiger partial charge in [-0.05, 0) is 48.5 Å². The molecule has 0 saturated heterocycles. The molecule has 4 nitrogen and oxygen atoms in total. The Hall–Kier alpha value is -2.29. The van der Waals surface area contributed by atoms with Crippen molar-refractivity contribution in [3.8, 4) is 0 Å². The monoisotopic (exact) mass is 416 g/mol. The lowest BCUT2D eigenvalue weighted by atomic mass is 10.0. The summed E-state index contributed by atoms with van der Waals surface area (Å²) in [6, 6.07) is 5.87. The zero-order valence-corrected chi connectivity index (χ0v) is 17.1. The number of aryl methyl sites for hydroxylation is 2. The zero-order chi connectivity index (χ0) is 21.2. The smallest absolute Gasteiger partial charge is 0.328 e. The summed E-state index contributed by atoms with van der Waals surface area (Å²) in [5.74, 6) is 0.911. The first-order valence-corrected chi connectivity index (χ1v) is 10.00. The number of nitrogens with zero attached hydrogens (tertiary/aromatic N) is 4. The van der Waals surface area contributed by atoms with Crippen LogP contribution in [-0.4, -0.2) is 28.6 Å². The van der Waals surface area contributed by atoms with Gasteiger partial charge in [0, 0.05) is 18.4 Å². The van der Waals surface area contributed by atoms with Crippen molar-refractivity contribution in [2.45, 2.75) is 39.0 Å². The van der Waals surface area contributed by atoms with Gasteiger partial charge in [-0.3, -0.25) is 9.98 Å². The summed E-state index contributed by atoms with van der Waals surface area (Å²) in [7, 11) is 5.82. The van der Waals surface area contributed by atoms with Crippen molar-refractivity contribution in [2.24, 2.45) is 4.99 Å². The van der Waals surface area contributed by atoms with Crippen molar-refractivity contribution < 1.29 is 13.2 Å². The summed E-state index contributed by atoms with van der Waals surface area (Å²) >= 11 is 3.53. The van der Waals surface area contributed by atoms with Gasteiger partial charge < -0.3 is 4.57 Å². The van der Waals surface area contributed by atoms with E-state index in [9.17, 15) is 13.2 Å². The lowest BCUT2D eigenvalue weighted by molar-refractivity contribution is -0.138. The highest BCUT2D eigenvalue weighted by Crippen LogP contribution is 2.33. The van der Waals surface area contributed by atoms with Gasteiger partial charge in [0.25, 0.3) is 0 Å². The molecule has 0 spiro atoms. The third-order valence-electron chi connectivity index (χ3n) is 4.91. The van der Waals surface area contributed by atoms with E-state index in [0.717, 1.165) is 42.2 Å². The van der Waals surface area contributed by atoms with E-state index >= 15 is 0 Å². The molecular weight excluding hydrogens is 396 g/mol. The fourth-order valence-electron chi connectivity index (χ4n) is 3.52. The van der Waals surface area contributed by atoms with Crippen molar-refractivity contribution >= 4 is 37.0 Å². The molecule has 0 saturated carbocycles. The van der Waals surface area contributed by atoms with Gasteiger partial charge in [-0.25, -0.2) is 4.98 Å². The van der Waals surface area contributed by atoms with Gasteiger partial charge in [0.15, 0.2) is 5.49 Å². The molecule has 3 heterocycles. The Morgan fingerprint density at radius 1 is 1.28 bits per heavy atom. The lowest BCUT2D eigenvalue weighted by Gasteiger charge is -2.13. The minimum absolute atomic E-state index is 0.115. The molecule has 3 aromatic rings. The molecule has 4 rings (SSSR count). The highest BCUT2D eigenvalue weighted by molar-refractivity contribution is 7.79. The molecule has 0 bridgehead atoms. The minimum Gasteiger partial charge on any atom is -0.328 e. The van der Waals surface area contributed by atoms with Gasteiger partial charge in [0.1, 0.15) is 13.7 Å². The summed E-state index contributed by atoms with van der Waals surface area (Å²) in [6.07, 6.45) is 0.846. The molecular formula is C20H20BF3N4S. The fourth-order valence-corrected chi connectivity index (χ4v) is 3.52. The fraction of sp³-hybridized carbons (Fsp3) is 0.350. The van der Waals surface area contributed by atoms with E-state index < -0.39 is 11.7 Å². The third-order valence-corrected chi connectivity index (χ3v) is 4.91. The van der Waals surface area contributed by atoms with E-state index in [4.69, 9.17) is 7.85 Å². The number of alkyl halides is 3. The van der Waals surface area contributed by atoms with Crippen LogP contribution in [-0.2, 0) is 25.7 Å². The number of benzene rings is 1. The van der Waals surface area contributed by atoms with E-state index in [1.54, 1.807) is 24.6 Å². The molecule has 1 aliphatic rings. The van der Waals surface area contributed by atoms with E-state index in [0.29, 0.717) is 16.6 Å². The highest BCUT2D eigenvalue weighted by Gasteiger charge is 2.32. The second-order valence-electron chi connectivity index (χ2n) is 6.64. The van der Waals surface area contributed by atoms with E-state index in [-0.39, 0.29) is 12.1 Å². The van der Waals surface area contributed by atoms with Crippen molar-refractivity contribution in [3.05, 3.63) is 58.5 Å². The number of fused-ring (bicyclic) bond motifs is 3. The van der Waals surface area contributed by atoms with Crippen LogP contribution >= 0.6 is 12.6 Å². The standard InChI is InChI=1S/C19H16BF3N4.CH4S/c1-11-12(4-2-5-14(11)19(21,22)23)9-25-18-13-8-16(20)24-10-15(13)27-7-3-6-17(27)26-18;1-2/h2,4-5,8,10H,3,6-7,9H2,1H3;2H,1H3. The highest BCUT2D eigenvalue weighted by atomic mass is 32.1. The van der Waals surface area contributed by atoms with Gasteiger partial charge in [-0.2, -0.15) is 25.8 Å². The van der Waals surface area contributed by atoms with Gasteiger partial charge in [0.2, 0.25) is 0 Å². The summed E-state index contributed by atoms with van der Waals surface area (Å²) in [5.41, 5.74) is 1.82. The molecule has 0 fully saturated rings. The quantitative estimate of drug-likeness (QED) is 0.515. The van der Waals surface area contributed by atoms with Crippen molar-refractivity contribution in [1.82, 2.24) is 14.5 Å². The zero-order valence-electron chi connectivity index (χ0n) is 16.2. The van der Waals surface area contributed by atoms with Gasteiger partial charge >= 0.3 is 6.18 Å². The molecule has 0 N–H and O–H groups in total. The molecule has 150 valence electrons. The third kappa shape index (κ3) is 4.34. The summed E-state index contributed by atoms with van der Waals surface area (Å²) in [4.78, 5) is 13.3. The Morgan fingerprint density at radius 2 is 2.03 bits per heavy atom. The van der Waals surface area contributed by atoms with Gasteiger partial charge in [-0.1, -0.05) is 12.1 Å². The van der Waals surface area contributed by atoms with E-state index in [2.05, 4.69) is 32.2 Å². The maximum absolute atomic E-state index is 13.1. The Morgan fingerprint density at radius 3 is 2.76 bits per heavy atom. The first-order valence-electron chi connectivity index (χ1n) is 9.10. The first-order chi connectivity index (χ1) is 13.8. The van der Waals surface area contributed by atoms with Crippen LogP contribution in [0, 0.1) is 6.92 Å². The van der Waals surface area contributed by atoms with Crippen LogP contribution in [0.3, 0.4) is 0 Å². The van der Waals surface area contributed by atoms with Crippen molar-refractivity contribution in [3.63, 3.8) is 0 Å². The second kappa shape index (κ2) is 8.61. The molecule has 1 aromatic carbocycles. The van der Waals surface area contributed by atoms with Crippen LogP contribution in [0.25, 0.3) is 10.9 Å². The maximum Gasteiger partial charge on any atom is 0.416 e. The molecule has 2 aromatic heterocycles. The first kappa shape index (κ1) is 21.4. The average molecular weight is 416 g/mol. The number of hydrogen-bond donors (Lipinski definition) is 1. The molecule has 0 unspecified atom stereocenters. The lowest BCUT2D eigenvalue weighted by Crippen LogP contribution is -2.20. The second-order valence-corrected chi connectivity index (χ2v) is 6.64. The number of pyridine rings is 1. The number of aromatic nitrogens is 3. The van der Waals surface area contributed by atoms with Gasteiger partial charge in [0.05, 0.1) is 23.8 Å². The molecule has 1 aliphatic heterocycles. The minimum atomic E-state index is -4.38. The molecule has 29 heavy (non-hydrogen) atoms. The number of rotatable bonds is 2. The number of thiol groups is 1. The van der Waals surface area contributed by atoms with Gasteiger partial charge in [-0.15, -0.1) is 0 Å².